The van der Waals surface area contributed by atoms with Crippen LogP contribution in [0.15, 0.2) is 52.9 Å². The van der Waals surface area contributed by atoms with Crippen LogP contribution in [0.5, 0.6) is 11.5 Å². The van der Waals surface area contributed by atoms with Gasteiger partial charge in [0.2, 0.25) is 11.8 Å². The van der Waals surface area contributed by atoms with Crippen LogP contribution >= 0.6 is 0 Å². The molecule has 0 saturated carbocycles. The molecule has 2 heterocycles. The van der Waals surface area contributed by atoms with Gasteiger partial charge in [-0.2, -0.15) is 22.0 Å². The second-order valence-corrected chi connectivity index (χ2v) is 8.99. The number of nitrogens with one attached hydrogen (secondary N) is 2. The minimum Gasteiger partial charge on any atom is -0.494 e. The molecule has 1 atom stereocenters. The fraction of sp³-hybridized carbons (Fsp3) is 0.259. The highest BCUT2D eigenvalue weighted by Gasteiger charge is 2.33. The van der Waals surface area contributed by atoms with Gasteiger partial charge in [0.25, 0.3) is 5.91 Å². The number of alkyl halides is 5. The predicted octanol–water partition coefficient (Wildman–Crippen LogP) is 5.12. The molecule has 0 aliphatic heterocycles. The molecule has 42 heavy (non-hydrogen) atoms. The van der Waals surface area contributed by atoms with E-state index in [9.17, 15) is 31.5 Å². The number of carbonyl (C=O) groups is 2. The van der Waals surface area contributed by atoms with Crippen molar-refractivity contribution in [3.63, 3.8) is 0 Å². The van der Waals surface area contributed by atoms with Crippen molar-refractivity contribution in [1.29, 1.82) is 0 Å². The van der Waals surface area contributed by atoms with E-state index in [1.165, 1.54) is 56.5 Å². The van der Waals surface area contributed by atoms with Crippen LogP contribution in [0, 0.1) is 0 Å². The second kappa shape index (κ2) is 11.6. The number of pyridine rings is 1. The summed E-state index contributed by atoms with van der Waals surface area (Å²) < 4.78 is 82.0. The standard InChI is InChI=1S/C27H24F5N5O5/c1-13(23(38)35-16-6-4-5-7-17(16)42-26(2,28)29)34-24(39)22-19(12-33)41-25(37-22)15-8-10-18(40-3)21-14(15)9-11-20(36-21)27(30,31)32/h4-11,13H,12,33H2,1-3H3,(H,34,39)(H,35,38)/t13-/m1/s1. The first-order valence-electron chi connectivity index (χ1n) is 12.2. The van der Waals surface area contributed by atoms with Crippen LogP contribution in [0.1, 0.15) is 35.8 Å². The van der Waals surface area contributed by atoms with Crippen molar-refractivity contribution >= 4 is 28.4 Å². The zero-order valence-corrected chi connectivity index (χ0v) is 22.3. The van der Waals surface area contributed by atoms with Crippen molar-refractivity contribution in [2.24, 2.45) is 5.73 Å². The van der Waals surface area contributed by atoms with Crippen molar-refractivity contribution in [2.45, 2.75) is 38.7 Å². The monoisotopic (exact) mass is 593 g/mol. The van der Waals surface area contributed by atoms with Gasteiger partial charge in [-0.25, -0.2) is 9.97 Å². The first kappa shape index (κ1) is 30.2. The summed E-state index contributed by atoms with van der Waals surface area (Å²) in [6.45, 7) is 1.60. The van der Waals surface area contributed by atoms with Gasteiger partial charge in [-0.05, 0) is 43.3 Å². The van der Waals surface area contributed by atoms with Gasteiger partial charge in [-0.3, -0.25) is 9.59 Å². The van der Waals surface area contributed by atoms with Gasteiger partial charge in [0.1, 0.15) is 28.8 Å². The number of para-hydroxylation sites is 2. The summed E-state index contributed by atoms with van der Waals surface area (Å²) in [6.07, 6.45) is -8.20. The second-order valence-electron chi connectivity index (χ2n) is 8.99. The Morgan fingerprint density at radius 3 is 2.38 bits per heavy atom. The molecule has 2 aromatic carbocycles. The number of carbonyl (C=O) groups excluding carboxylic acids is 2. The molecule has 10 nitrogen and oxygen atoms in total. The van der Waals surface area contributed by atoms with Crippen molar-refractivity contribution in [2.75, 3.05) is 12.4 Å². The number of oxazole rings is 1. The normalized spacial score (nSPS) is 12.6. The average molecular weight is 594 g/mol. The first-order chi connectivity index (χ1) is 19.7. The summed E-state index contributed by atoms with van der Waals surface area (Å²) in [5, 5.41) is 5.04. The zero-order chi connectivity index (χ0) is 30.8. The third kappa shape index (κ3) is 6.57. The summed E-state index contributed by atoms with van der Waals surface area (Å²) >= 11 is 0. The number of methoxy groups -OCH3 is 1. The number of hydrogen-bond donors (Lipinski definition) is 3. The number of benzene rings is 2. The molecule has 0 radical (unpaired) electrons. The Balaban J connectivity index is 1.59. The number of amides is 2. The van der Waals surface area contributed by atoms with Crippen molar-refractivity contribution in [3.8, 4) is 23.0 Å². The largest absolute Gasteiger partial charge is 0.494 e. The Bertz CT molecular complexity index is 1630. The molecular formula is C27H24F5N5O5. The van der Waals surface area contributed by atoms with Crippen LogP contribution < -0.4 is 25.8 Å². The number of nitrogens with zero attached hydrogens (tertiary/aromatic N) is 2. The lowest BCUT2D eigenvalue weighted by Gasteiger charge is -2.18. The molecule has 0 aliphatic rings. The Kier molecular flexibility index (Phi) is 8.33. The lowest BCUT2D eigenvalue weighted by Crippen LogP contribution is -2.42. The van der Waals surface area contributed by atoms with E-state index in [0.29, 0.717) is 6.92 Å². The Morgan fingerprint density at radius 1 is 1.02 bits per heavy atom. The number of ether oxygens (including phenoxy) is 2. The topological polar surface area (TPSA) is 142 Å². The number of hydrogen-bond acceptors (Lipinski definition) is 8. The van der Waals surface area contributed by atoms with E-state index in [4.69, 9.17) is 14.9 Å². The van der Waals surface area contributed by atoms with Crippen LogP contribution in [-0.2, 0) is 17.5 Å². The van der Waals surface area contributed by atoms with E-state index in [-0.39, 0.29) is 57.5 Å². The van der Waals surface area contributed by atoms with Gasteiger partial charge in [0, 0.05) is 17.9 Å². The molecule has 0 spiro atoms. The first-order valence-corrected chi connectivity index (χ1v) is 12.2. The van der Waals surface area contributed by atoms with Crippen LogP contribution in [0.3, 0.4) is 0 Å². The van der Waals surface area contributed by atoms with Gasteiger partial charge in [0.15, 0.2) is 11.5 Å². The summed E-state index contributed by atoms with van der Waals surface area (Å²) in [7, 11) is 1.28. The van der Waals surface area contributed by atoms with Crippen molar-refractivity contribution in [3.05, 3.63) is 65.7 Å². The van der Waals surface area contributed by atoms with Crippen molar-refractivity contribution in [1.82, 2.24) is 15.3 Å². The Hall–Kier alpha value is -4.79. The molecule has 15 heteroatoms. The minimum atomic E-state index is -4.70. The summed E-state index contributed by atoms with van der Waals surface area (Å²) in [4.78, 5) is 33.7. The average Bonchev–Trinajstić information content (AvgIpc) is 3.36. The molecule has 0 aliphatic carbocycles. The van der Waals surface area contributed by atoms with Gasteiger partial charge in [-0.1, -0.05) is 12.1 Å². The number of aromatic nitrogens is 2. The number of fused-ring (bicyclic) bond motifs is 1. The Morgan fingerprint density at radius 2 is 1.74 bits per heavy atom. The molecule has 0 fully saturated rings. The van der Waals surface area contributed by atoms with Crippen LogP contribution in [0.25, 0.3) is 22.4 Å². The molecule has 4 N–H and O–H groups in total. The summed E-state index contributed by atoms with van der Waals surface area (Å²) in [6, 6.07) is 9.14. The number of anilines is 1. The molecule has 0 saturated heterocycles. The third-order valence-corrected chi connectivity index (χ3v) is 5.83. The van der Waals surface area contributed by atoms with E-state index >= 15 is 0 Å². The number of rotatable bonds is 9. The SMILES string of the molecule is COc1ccc(-c2nc(C(=O)N[C@H](C)C(=O)Nc3ccccc3OC(C)(F)F)c(CN)o2)c2ccc(C(F)(F)F)nc12. The molecule has 4 aromatic rings. The molecule has 2 amide bonds. The minimum absolute atomic E-state index is 0.0508. The maximum absolute atomic E-state index is 13.4. The lowest BCUT2D eigenvalue weighted by molar-refractivity contribution is -0.158. The third-order valence-electron chi connectivity index (χ3n) is 5.83. The highest BCUT2D eigenvalue weighted by Crippen LogP contribution is 2.37. The molecule has 0 unspecified atom stereocenters. The van der Waals surface area contributed by atoms with E-state index in [1.54, 1.807) is 0 Å². The number of halogens is 5. The molecule has 0 bridgehead atoms. The smallest absolute Gasteiger partial charge is 0.433 e. The van der Waals surface area contributed by atoms with Crippen LogP contribution in [0.4, 0.5) is 27.6 Å². The van der Waals surface area contributed by atoms with Crippen molar-refractivity contribution < 1.29 is 45.4 Å². The van der Waals surface area contributed by atoms with E-state index in [1.807, 2.05) is 0 Å². The van der Waals surface area contributed by atoms with Gasteiger partial charge < -0.3 is 30.3 Å². The molecule has 2 aromatic heterocycles. The fourth-order valence-electron chi connectivity index (χ4n) is 3.91. The van der Waals surface area contributed by atoms with Crippen LogP contribution in [0.2, 0.25) is 0 Å². The van der Waals surface area contributed by atoms with Crippen LogP contribution in [-0.4, -0.2) is 41.0 Å². The van der Waals surface area contributed by atoms with Gasteiger partial charge in [0.05, 0.1) is 19.3 Å². The van der Waals surface area contributed by atoms with E-state index in [0.717, 1.165) is 6.07 Å². The molecule has 4 rings (SSSR count). The molecular weight excluding hydrogens is 569 g/mol. The predicted molar refractivity (Wildman–Crippen MR) is 140 cm³/mol. The Labute approximate surface area is 235 Å². The van der Waals surface area contributed by atoms with E-state index < -0.39 is 35.8 Å². The van der Waals surface area contributed by atoms with E-state index in [2.05, 4.69) is 25.3 Å². The maximum atomic E-state index is 13.4. The maximum Gasteiger partial charge on any atom is 0.433 e. The lowest BCUT2D eigenvalue weighted by atomic mass is 10.1. The van der Waals surface area contributed by atoms with Gasteiger partial charge in [-0.15, -0.1) is 0 Å². The van der Waals surface area contributed by atoms with Gasteiger partial charge >= 0.3 is 12.3 Å². The summed E-state index contributed by atoms with van der Waals surface area (Å²) in [5.74, 6) is -2.04. The quantitative estimate of drug-likeness (QED) is 0.227. The highest BCUT2D eigenvalue weighted by atomic mass is 19.4. The summed E-state index contributed by atoms with van der Waals surface area (Å²) in [5.41, 5.74) is 4.37. The number of nitrogens with two attached hydrogens (primary N) is 1. The molecule has 222 valence electrons. The fourth-order valence-corrected chi connectivity index (χ4v) is 3.91. The zero-order valence-electron chi connectivity index (χ0n) is 22.3. The highest BCUT2D eigenvalue weighted by molar-refractivity contribution is 6.02.